The van der Waals surface area contributed by atoms with Crippen LogP contribution in [0.5, 0.6) is 0 Å². The quantitative estimate of drug-likeness (QED) is 0.899. The van der Waals surface area contributed by atoms with Crippen molar-refractivity contribution in [2.24, 2.45) is 0 Å². The van der Waals surface area contributed by atoms with Crippen LogP contribution in [0, 0.1) is 0 Å². The van der Waals surface area contributed by atoms with Crippen molar-refractivity contribution < 1.29 is 9.90 Å². The fraction of sp³-hybridized carbons (Fsp3) is 0.533. The van der Waals surface area contributed by atoms with Crippen molar-refractivity contribution in [3.8, 4) is 0 Å². The molecule has 1 atom stereocenters. The van der Waals surface area contributed by atoms with E-state index in [2.05, 4.69) is 11.8 Å². The van der Waals surface area contributed by atoms with Gasteiger partial charge in [0.2, 0.25) is 0 Å². The van der Waals surface area contributed by atoms with E-state index in [1.807, 2.05) is 0 Å². The van der Waals surface area contributed by atoms with Crippen LogP contribution in [0.15, 0.2) is 18.2 Å². The summed E-state index contributed by atoms with van der Waals surface area (Å²) in [7, 11) is 0. The summed E-state index contributed by atoms with van der Waals surface area (Å²) in [6.45, 7) is 3.09. The standard InChI is InChI=1S/C15H20ClNO2/c1-2-5-12-6-3-4-9-17(12)14-10-11(16)7-8-13(14)15(18)19/h7-8,10,12H,2-6,9H2,1H3,(H,18,19). The molecule has 19 heavy (non-hydrogen) atoms. The minimum atomic E-state index is -0.882. The molecule has 1 unspecified atom stereocenters. The predicted octanol–water partition coefficient (Wildman–Crippen LogP) is 4.20. The molecule has 0 amide bonds. The summed E-state index contributed by atoms with van der Waals surface area (Å²) < 4.78 is 0. The van der Waals surface area contributed by atoms with Gasteiger partial charge in [-0.3, -0.25) is 0 Å². The molecule has 0 bridgehead atoms. The lowest BCUT2D eigenvalue weighted by Gasteiger charge is -2.38. The molecule has 1 aliphatic heterocycles. The van der Waals surface area contributed by atoms with E-state index in [9.17, 15) is 9.90 Å². The molecule has 0 aliphatic carbocycles. The van der Waals surface area contributed by atoms with Crippen LogP contribution < -0.4 is 4.90 Å². The van der Waals surface area contributed by atoms with Gasteiger partial charge in [0.25, 0.3) is 0 Å². The molecule has 1 aromatic rings. The molecule has 3 nitrogen and oxygen atoms in total. The van der Waals surface area contributed by atoms with Crippen molar-refractivity contribution in [3.63, 3.8) is 0 Å². The van der Waals surface area contributed by atoms with Gasteiger partial charge in [0.15, 0.2) is 0 Å². The maximum atomic E-state index is 11.4. The lowest BCUT2D eigenvalue weighted by atomic mass is 9.96. The van der Waals surface area contributed by atoms with Crippen molar-refractivity contribution in [1.82, 2.24) is 0 Å². The van der Waals surface area contributed by atoms with Gasteiger partial charge in [0.05, 0.1) is 11.3 Å². The van der Waals surface area contributed by atoms with Crippen molar-refractivity contribution in [3.05, 3.63) is 28.8 Å². The van der Waals surface area contributed by atoms with Gasteiger partial charge in [-0.2, -0.15) is 0 Å². The smallest absolute Gasteiger partial charge is 0.337 e. The first-order chi connectivity index (χ1) is 9.13. The molecule has 1 N–H and O–H groups in total. The predicted molar refractivity (Wildman–Crippen MR) is 78.3 cm³/mol. The Morgan fingerprint density at radius 1 is 1.47 bits per heavy atom. The van der Waals surface area contributed by atoms with Crippen LogP contribution in [-0.4, -0.2) is 23.7 Å². The second kappa shape index (κ2) is 6.29. The van der Waals surface area contributed by atoms with Gasteiger partial charge < -0.3 is 10.0 Å². The van der Waals surface area contributed by atoms with Crippen LogP contribution in [0.2, 0.25) is 5.02 Å². The molecule has 1 heterocycles. The molecular formula is C15H20ClNO2. The van der Waals surface area contributed by atoms with Gasteiger partial charge in [-0.25, -0.2) is 4.79 Å². The first kappa shape index (κ1) is 14.2. The summed E-state index contributed by atoms with van der Waals surface area (Å²) in [5, 5.41) is 9.93. The maximum Gasteiger partial charge on any atom is 0.337 e. The largest absolute Gasteiger partial charge is 0.478 e. The van der Waals surface area contributed by atoms with Crippen molar-refractivity contribution in [1.29, 1.82) is 0 Å². The summed E-state index contributed by atoms with van der Waals surface area (Å²) in [5.41, 5.74) is 1.13. The van der Waals surface area contributed by atoms with E-state index in [4.69, 9.17) is 11.6 Å². The molecule has 4 heteroatoms. The lowest BCUT2D eigenvalue weighted by molar-refractivity contribution is 0.0697. The number of hydrogen-bond acceptors (Lipinski definition) is 2. The minimum absolute atomic E-state index is 0.354. The van der Waals surface area contributed by atoms with Crippen LogP contribution in [-0.2, 0) is 0 Å². The number of anilines is 1. The van der Waals surface area contributed by atoms with Crippen LogP contribution in [0.1, 0.15) is 49.4 Å². The molecule has 0 saturated carbocycles. The van der Waals surface area contributed by atoms with Crippen molar-refractivity contribution in [2.45, 2.75) is 45.1 Å². The number of benzene rings is 1. The summed E-state index contributed by atoms with van der Waals surface area (Å²) in [6.07, 6.45) is 5.70. The molecule has 0 spiro atoms. The highest BCUT2D eigenvalue weighted by molar-refractivity contribution is 6.31. The second-order valence-corrected chi connectivity index (χ2v) is 5.53. The maximum absolute atomic E-state index is 11.4. The summed E-state index contributed by atoms with van der Waals surface area (Å²) in [4.78, 5) is 13.6. The molecule has 1 aliphatic rings. The van der Waals surface area contributed by atoms with Crippen LogP contribution in [0.25, 0.3) is 0 Å². The molecule has 104 valence electrons. The normalized spacial score (nSPS) is 19.5. The lowest BCUT2D eigenvalue weighted by Crippen LogP contribution is -2.40. The summed E-state index contributed by atoms with van der Waals surface area (Å²) in [5.74, 6) is -0.882. The van der Waals surface area contributed by atoms with Crippen molar-refractivity contribution >= 4 is 23.3 Å². The van der Waals surface area contributed by atoms with Gasteiger partial charge in [0.1, 0.15) is 0 Å². The number of aromatic carboxylic acids is 1. The van der Waals surface area contributed by atoms with E-state index in [-0.39, 0.29) is 0 Å². The number of rotatable bonds is 4. The van der Waals surface area contributed by atoms with Crippen LogP contribution >= 0.6 is 11.6 Å². The fourth-order valence-corrected chi connectivity index (χ4v) is 3.04. The van der Waals surface area contributed by atoms with E-state index in [1.54, 1.807) is 18.2 Å². The average Bonchev–Trinajstić information content (AvgIpc) is 2.39. The second-order valence-electron chi connectivity index (χ2n) is 5.10. The zero-order valence-corrected chi connectivity index (χ0v) is 12.0. The summed E-state index contributed by atoms with van der Waals surface area (Å²) >= 11 is 6.05. The number of piperidine rings is 1. The first-order valence-electron chi connectivity index (χ1n) is 6.93. The number of hydrogen-bond donors (Lipinski definition) is 1. The summed E-state index contributed by atoms with van der Waals surface area (Å²) in [6, 6.07) is 5.49. The van der Waals surface area contributed by atoms with E-state index >= 15 is 0 Å². The highest BCUT2D eigenvalue weighted by atomic mass is 35.5. The molecule has 2 rings (SSSR count). The van der Waals surface area contributed by atoms with Gasteiger partial charge in [-0.05, 0) is 43.9 Å². The molecule has 0 radical (unpaired) electrons. The molecule has 1 fully saturated rings. The Morgan fingerprint density at radius 2 is 2.26 bits per heavy atom. The third kappa shape index (κ3) is 3.21. The van der Waals surface area contributed by atoms with Crippen LogP contribution in [0.4, 0.5) is 5.69 Å². The molecule has 0 aromatic heterocycles. The third-order valence-electron chi connectivity index (χ3n) is 3.75. The Kier molecular flexibility index (Phi) is 4.70. The molecule has 1 saturated heterocycles. The van der Waals surface area contributed by atoms with E-state index < -0.39 is 5.97 Å². The Bertz CT molecular complexity index is 459. The Hall–Kier alpha value is -1.22. The fourth-order valence-electron chi connectivity index (χ4n) is 2.87. The van der Waals surface area contributed by atoms with Gasteiger partial charge in [0, 0.05) is 17.6 Å². The van der Waals surface area contributed by atoms with Gasteiger partial charge in [-0.1, -0.05) is 24.9 Å². The zero-order valence-electron chi connectivity index (χ0n) is 11.2. The highest BCUT2D eigenvalue weighted by Gasteiger charge is 2.25. The molecular weight excluding hydrogens is 262 g/mol. The Morgan fingerprint density at radius 3 is 2.95 bits per heavy atom. The van der Waals surface area contributed by atoms with E-state index in [1.165, 1.54) is 6.42 Å². The van der Waals surface area contributed by atoms with Gasteiger partial charge in [-0.15, -0.1) is 0 Å². The van der Waals surface area contributed by atoms with Gasteiger partial charge >= 0.3 is 5.97 Å². The monoisotopic (exact) mass is 281 g/mol. The number of nitrogens with zero attached hydrogens (tertiary/aromatic N) is 1. The SMILES string of the molecule is CCCC1CCCCN1c1cc(Cl)ccc1C(=O)O. The number of halogens is 1. The van der Waals surface area contributed by atoms with Crippen LogP contribution in [0.3, 0.4) is 0 Å². The number of carbonyl (C=O) groups is 1. The third-order valence-corrected chi connectivity index (χ3v) is 3.98. The minimum Gasteiger partial charge on any atom is -0.478 e. The number of carboxylic acids is 1. The van der Waals surface area contributed by atoms with Crippen molar-refractivity contribution in [2.75, 3.05) is 11.4 Å². The zero-order chi connectivity index (χ0) is 13.8. The first-order valence-corrected chi connectivity index (χ1v) is 7.30. The van der Waals surface area contributed by atoms with E-state index in [0.29, 0.717) is 16.6 Å². The highest BCUT2D eigenvalue weighted by Crippen LogP contribution is 2.32. The Labute approximate surface area is 119 Å². The molecule has 1 aromatic carbocycles. The topological polar surface area (TPSA) is 40.5 Å². The van der Waals surface area contributed by atoms with E-state index in [0.717, 1.165) is 37.9 Å². The number of carboxylic acid groups (broad SMARTS) is 1. The average molecular weight is 282 g/mol. The Balaban J connectivity index is 2.37.